The predicted molar refractivity (Wildman–Crippen MR) is 66.3 cm³/mol. The number of aryl methyl sites for hydroxylation is 1. The monoisotopic (exact) mass is 236 g/mol. The zero-order valence-corrected chi connectivity index (χ0v) is 9.98. The van der Waals surface area contributed by atoms with Crippen molar-refractivity contribution in [3.05, 3.63) is 43.9 Å². The average Bonchev–Trinajstić information content (AvgIpc) is 2.53. The molecule has 0 aliphatic heterocycles. The van der Waals surface area contributed by atoms with Gasteiger partial charge in [0.05, 0.1) is 11.9 Å². The highest BCUT2D eigenvalue weighted by atomic mass is 32.1. The third-order valence-electron chi connectivity index (χ3n) is 2.22. The molecule has 0 aliphatic rings. The van der Waals surface area contributed by atoms with Crippen molar-refractivity contribution in [2.24, 2.45) is 0 Å². The third-order valence-corrected chi connectivity index (χ3v) is 3.19. The van der Waals surface area contributed by atoms with Crippen LogP contribution in [-0.2, 0) is 6.54 Å². The highest BCUT2D eigenvalue weighted by molar-refractivity contribution is 7.18. The maximum atomic E-state index is 12.0. The van der Waals surface area contributed by atoms with Crippen molar-refractivity contribution in [3.63, 3.8) is 0 Å². The zero-order valence-electron chi connectivity index (χ0n) is 9.16. The van der Waals surface area contributed by atoms with E-state index in [0.717, 1.165) is 10.5 Å². The molecule has 2 heterocycles. The lowest BCUT2D eigenvalue weighted by atomic mass is 10.3. The molecule has 0 bridgehead atoms. The molecule has 2 aromatic heterocycles. The number of fused-ring (bicyclic) bond motifs is 1. The number of rotatable bonds is 2. The van der Waals surface area contributed by atoms with Gasteiger partial charge in [-0.15, -0.1) is 11.3 Å². The van der Waals surface area contributed by atoms with Crippen LogP contribution in [0, 0.1) is 6.92 Å². The molecular formula is C11H12N2O2S. The number of nitrogens with zero attached hydrogens (tertiary/aromatic N) is 1. The van der Waals surface area contributed by atoms with Crippen LogP contribution in [0.5, 0.6) is 0 Å². The summed E-state index contributed by atoms with van der Waals surface area (Å²) in [5, 5.41) is 0.573. The van der Waals surface area contributed by atoms with Gasteiger partial charge in [-0.05, 0) is 19.9 Å². The van der Waals surface area contributed by atoms with Crippen LogP contribution in [0.1, 0.15) is 11.8 Å². The third kappa shape index (κ3) is 1.74. The first kappa shape index (κ1) is 10.9. The van der Waals surface area contributed by atoms with E-state index in [0.29, 0.717) is 10.2 Å². The van der Waals surface area contributed by atoms with Crippen LogP contribution in [0.25, 0.3) is 10.2 Å². The van der Waals surface area contributed by atoms with Crippen LogP contribution in [0.15, 0.2) is 27.8 Å². The van der Waals surface area contributed by atoms with Crippen LogP contribution >= 0.6 is 11.3 Å². The normalized spacial score (nSPS) is 10.9. The predicted octanol–water partition coefficient (Wildman–Crippen LogP) is 1.64. The summed E-state index contributed by atoms with van der Waals surface area (Å²) in [6.07, 6.45) is 0. The Morgan fingerprint density at radius 1 is 1.56 bits per heavy atom. The van der Waals surface area contributed by atoms with Crippen LogP contribution in [-0.4, -0.2) is 9.55 Å². The van der Waals surface area contributed by atoms with Gasteiger partial charge < -0.3 is 0 Å². The van der Waals surface area contributed by atoms with Gasteiger partial charge in [-0.3, -0.25) is 14.3 Å². The molecule has 0 saturated carbocycles. The first-order valence-electron chi connectivity index (χ1n) is 4.86. The Balaban J connectivity index is 2.80. The Morgan fingerprint density at radius 2 is 2.25 bits per heavy atom. The number of hydrogen-bond donors (Lipinski definition) is 1. The Labute approximate surface area is 95.9 Å². The van der Waals surface area contributed by atoms with Crippen LogP contribution in [0.4, 0.5) is 0 Å². The van der Waals surface area contributed by atoms with Gasteiger partial charge in [0.1, 0.15) is 4.83 Å². The maximum absolute atomic E-state index is 12.0. The van der Waals surface area contributed by atoms with Crippen molar-refractivity contribution >= 4 is 21.6 Å². The second-order valence-electron chi connectivity index (χ2n) is 3.88. The quantitative estimate of drug-likeness (QED) is 0.806. The number of aromatic nitrogens is 2. The topological polar surface area (TPSA) is 54.9 Å². The van der Waals surface area contributed by atoms with Crippen molar-refractivity contribution in [2.75, 3.05) is 0 Å². The lowest BCUT2D eigenvalue weighted by molar-refractivity contribution is 0.704. The Morgan fingerprint density at radius 3 is 2.88 bits per heavy atom. The highest BCUT2D eigenvalue weighted by Crippen LogP contribution is 2.18. The van der Waals surface area contributed by atoms with Gasteiger partial charge in [0.15, 0.2) is 0 Å². The van der Waals surface area contributed by atoms with Crippen LogP contribution in [0.3, 0.4) is 0 Å². The number of H-pyrrole nitrogens is 1. The van der Waals surface area contributed by atoms with Gasteiger partial charge in [-0.1, -0.05) is 12.2 Å². The van der Waals surface area contributed by atoms with Gasteiger partial charge in [0.2, 0.25) is 0 Å². The Kier molecular flexibility index (Phi) is 2.55. The number of hydrogen-bond acceptors (Lipinski definition) is 3. The van der Waals surface area contributed by atoms with Gasteiger partial charge in [-0.2, -0.15) is 0 Å². The van der Waals surface area contributed by atoms with Crippen LogP contribution in [0.2, 0.25) is 0 Å². The molecule has 4 nitrogen and oxygen atoms in total. The van der Waals surface area contributed by atoms with Crippen molar-refractivity contribution in [2.45, 2.75) is 20.4 Å². The van der Waals surface area contributed by atoms with Gasteiger partial charge in [0, 0.05) is 4.88 Å². The molecule has 0 aliphatic carbocycles. The summed E-state index contributed by atoms with van der Waals surface area (Å²) < 4.78 is 1.18. The molecule has 0 aromatic carbocycles. The molecule has 0 fully saturated rings. The van der Waals surface area contributed by atoms with E-state index in [-0.39, 0.29) is 17.8 Å². The van der Waals surface area contributed by atoms with E-state index >= 15 is 0 Å². The summed E-state index contributed by atoms with van der Waals surface area (Å²) in [5.41, 5.74) is 0.160. The smallest absolute Gasteiger partial charge is 0.298 e. The van der Waals surface area contributed by atoms with E-state index in [9.17, 15) is 9.59 Å². The molecule has 5 heteroatoms. The molecule has 0 saturated heterocycles. The molecule has 0 radical (unpaired) electrons. The number of thiophene rings is 1. The fourth-order valence-electron chi connectivity index (χ4n) is 1.58. The fourth-order valence-corrected chi connectivity index (χ4v) is 2.47. The summed E-state index contributed by atoms with van der Waals surface area (Å²) in [7, 11) is 0. The largest absolute Gasteiger partial charge is 0.329 e. The van der Waals surface area contributed by atoms with Gasteiger partial charge >= 0.3 is 5.69 Å². The minimum Gasteiger partial charge on any atom is -0.298 e. The standard InChI is InChI=1S/C11H12N2O2S/c1-6(2)5-13-10(14)8-4-7(3)16-9(8)12-11(13)15/h4H,1,5H2,2-3H3,(H,12,15). The van der Waals surface area contributed by atoms with Crippen molar-refractivity contribution in [1.29, 1.82) is 0 Å². The van der Waals surface area contributed by atoms with E-state index in [1.807, 2.05) is 6.92 Å². The Hall–Kier alpha value is -1.62. The Bertz CT molecular complexity index is 675. The molecule has 84 valence electrons. The second-order valence-corrected chi connectivity index (χ2v) is 5.13. The van der Waals surface area contributed by atoms with Crippen LogP contribution < -0.4 is 11.2 Å². The van der Waals surface area contributed by atoms with E-state index in [1.165, 1.54) is 15.9 Å². The maximum Gasteiger partial charge on any atom is 0.329 e. The summed E-state index contributed by atoms with van der Waals surface area (Å²) in [5.74, 6) is 0. The molecule has 16 heavy (non-hydrogen) atoms. The van der Waals surface area contributed by atoms with Gasteiger partial charge in [0.25, 0.3) is 5.56 Å². The number of allylic oxidation sites excluding steroid dienone is 1. The van der Waals surface area contributed by atoms with Crippen molar-refractivity contribution in [1.82, 2.24) is 9.55 Å². The van der Waals surface area contributed by atoms with Gasteiger partial charge in [-0.25, -0.2) is 4.79 Å². The molecule has 0 amide bonds. The summed E-state index contributed by atoms with van der Waals surface area (Å²) in [6, 6.07) is 1.80. The van der Waals surface area contributed by atoms with Crippen molar-refractivity contribution < 1.29 is 0 Å². The van der Waals surface area contributed by atoms with E-state index in [1.54, 1.807) is 13.0 Å². The minimum absolute atomic E-state index is 0.244. The lowest BCUT2D eigenvalue weighted by Crippen LogP contribution is -2.34. The van der Waals surface area contributed by atoms with E-state index < -0.39 is 0 Å². The first-order chi connectivity index (χ1) is 7.49. The van der Waals surface area contributed by atoms with E-state index in [4.69, 9.17) is 0 Å². The number of nitrogens with one attached hydrogen (secondary N) is 1. The fraction of sp³-hybridized carbons (Fsp3) is 0.273. The molecule has 1 N–H and O–H groups in total. The lowest BCUT2D eigenvalue weighted by Gasteiger charge is -2.03. The summed E-state index contributed by atoms with van der Waals surface area (Å²) >= 11 is 1.42. The molecule has 0 unspecified atom stereocenters. The number of aromatic amines is 1. The van der Waals surface area contributed by atoms with E-state index in [2.05, 4.69) is 11.6 Å². The zero-order chi connectivity index (χ0) is 11.9. The highest BCUT2D eigenvalue weighted by Gasteiger charge is 2.09. The molecule has 0 spiro atoms. The minimum atomic E-state index is -0.373. The average molecular weight is 236 g/mol. The molecule has 0 atom stereocenters. The SMILES string of the molecule is C=C(C)Cn1c(=O)[nH]c2sc(C)cc2c1=O. The summed E-state index contributed by atoms with van der Waals surface area (Å²) in [6.45, 7) is 7.67. The molecule has 2 aromatic rings. The first-order valence-corrected chi connectivity index (χ1v) is 5.68. The molecule has 2 rings (SSSR count). The second kappa shape index (κ2) is 3.75. The van der Waals surface area contributed by atoms with Crippen molar-refractivity contribution in [3.8, 4) is 0 Å². The summed E-state index contributed by atoms with van der Waals surface area (Å²) in [4.78, 5) is 28.0. The molecular weight excluding hydrogens is 224 g/mol.